The molecule has 0 spiro atoms. The van der Waals surface area contributed by atoms with Crippen molar-refractivity contribution in [2.75, 3.05) is 19.8 Å². The molecule has 0 aliphatic carbocycles. The van der Waals surface area contributed by atoms with E-state index < -0.39 is 25.4 Å². The Kier molecular flexibility index (Phi) is 4.57. The summed E-state index contributed by atoms with van der Waals surface area (Å²) in [7, 11) is 0. The van der Waals surface area contributed by atoms with Crippen molar-refractivity contribution in [3.05, 3.63) is 42.0 Å². The predicted molar refractivity (Wildman–Crippen MR) is 76.4 cm³/mol. The average molecular weight is 277 g/mol. The molecule has 20 heavy (non-hydrogen) atoms. The maximum Gasteiger partial charge on any atom is 0.120 e. The van der Waals surface area contributed by atoms with E-state index >= 15 is 0 Å². The van der Waals surface area contributed by atoms with E-state index in [1.54, 1.807) is 6.07 Å². The normalized spacial score (nSPS) is 11.9. The van der Waals surface area contributed by atoms with E-state index in [9.17, 15) is 20.4 Å². The first kappa shape index (κ1) is 14.7. The molecule has 2 aromatic rings. The van der Waals surface area contributed by atoms with Gasteiger partial charge in [-0.3, -0.25) is 0 Å². The molecule has 108 valence electrons. The Morgan fingerprint density at radius 3 is 2.20 bits per heavy atom. The summed E-state index contributed by atoms with van der Waals surface area (Å²) in [5.74, 6) is 0.138. The predicted octanol–water partition coefficient (Wildman–Crippen LogP) is 0.351. The van der Waals surface area contributed by atoms with Gasteiger partial charge in [-0.05, 0) is 16.8 Å². The molecule has 0 bridgehead atoms. The van der Waals surface area contributed by atoms with Gasteiger partial charge in [0.1, 0.15) is 5.75 Å². The molecule has 0 aliphatic rings. The number of benzene rings is 2. The molecular weight excluding hydrogens is 258 g/mol. The van der Waals surface area contributed by atoms with Crippen molar-refractivity contribution in [3.63, 3.8) is 0 Å². The Hall–Kier alpha value is -1.66. The number of rotatable bonds is 6. The smallest absolute Gasteiger partial charge is 0.120 e. The largest absolute Gasteiger partial charge is 0.508 e. The molecule has 5 nitrogen and oxygen atoms in total. The third kappa shape index (κ3) is 2.76. The van der Waals surface area contributed by atoms with Gasteiger partial charge in [0.05, 0.1) is 25.4 Å². The third-order valence-electron chi connectivity index (χ3n) is 3.56. The molecule has 0 amide bonds. The highest BCUT2D eigenvalue weighted by Gasteiger charge is 2.27. The van der Waals surface area contributed by atoms with E-state index in [0.29, 0.717) is 5.56 Å². The first-order valence-electron chi connectivity index (χ1n) is 6.43. The summed E-state index contributed by atoms with van der Waals surface area (Å²) in [5.41, 5.74) is -0.494. The highest BCUT2D eigenvalue weighted by atomic mass is 16.3. The van der Waals surface area contributed by atoms with Gasteiger partial charge in [0.25, 0.3) is 0 Å². The molecular formula is C15H19NO4. The average Bonchev–Trinajstić information content (AvgIpc) is 2.51. The van der Waals surface area contributed by atoms with Crippen LogP contribution >= 0.6 is 0 Å². The highest BCUT2D eigenvalue weighted by Crippen LogP contribution is 2.27. The molecule has 0 heterocycles. The summed E-state index contributed by atoms with van der Waals surface area (Å²) in [6.45, 7) is -0.961. The minimum Gasteiger partial charge on any atom is -0.508 e. The maximum absolute atomic E-state index is 10.00. The fraction of sp³-hybridized carbons (Fsp3) is 0.333. The molecule has 0 atom stereocenters. The highest BCUT2D eigenvalue weighted by molar-refractivity contribution is 5.87. The van der Waals surface area contributed by atoms with Gasteiger partial charge in [0, 0.05) is 12.1 Å². The zero-order valence-electron chi connectivity index (χ0n) is 11.1. The molecule has 0 aromatic heterocycles. The van der Waals surface area contributed by atoms with Crippen LogP contribution in [0.3, 0.4) is 0 Å². The van der Waals surface area contributed by atoms with Crippen LogP contribution < -0.4 is 5.32 Å². The molecule has 2 aromatic carbocycles. The van der Waals surface area contributed by atoms with Crippen molar-refractivity contribution in [1.29, 1.82) is 0 Å². The number of aliphatic hydroxyl groups is 3. The second-order valence-electron chi connectivity index (χ2n) is 4.89. The van der Waals surface area contributed by atoms with Crippen LogP contribution in [0.15, 0.2) is 36.4 Å². The number of fused-ring (bicyclic) bond motifs is 1. The Morgan fingerprint density at radius 2 is 1.55 bits per heavy atom. The van der Waals surface area contributed by atoms with E-state index in [4.69, 9.17) is 0 Å². The minimum atomic E-state index is -1.16. The summed E-state index contributed by atoms with van der Waals surface area (Å²) in [6.07, 6.45) is 0. The lowest BCUT2D eigenvalue weighted by atomic mass is 10.00. The molecule has 5 N–H and O–H groups in total. The Morgan fingerprint density at radius 1 is 0.900 bits per heavy atom. The molecule has 0 radical (unpaired) electrons. The van der Waals surface area contributed by atoms with Crippen LogP contribution in [-0.2, 0) is 6.54 Å². The fourth-order valence-electron chi connectivity index (χ4n) is 2.10. The second-order valence-corrected chi connectivity index (χ2v) is 4.89. The summed E-state index contributed by atoms with van der Waals surface area (Å²) < 4.78 is 0. The van der Waals surface area contributed by atoms with Gasteiger partial charge < -0.3 is 25.7 Å². The first-order valence-corrected chi connectivity index (χ1v) is 6.43. The number of hydrogen-bond acceptors (Lipinski definition) is 5. The van der Waals surface area contributed by atoms with Crippen molar-refractivity contribution in [2.24, 2.45) is 0 Å². The monoisotopic (exact) mass is 277 g/mol. The number of aliphatic hydroxyl groups excluding tert-OH is 3. The van der Waals surface area contributed by atoms with Crippen molar-refractivity contribution in [3.8, 4) is 5.75 Å². The van der Waals surface area contributed by atoms with Gasteiger partial charge in [-0.1, -0.05) is 30.3 Å². The zero-order chi connectivity index (χ0) is 14.6. The molecule has 0 unspecified atom stereocenters. The van der Waals surface area contributed by atoms with Crippen LogP contribution in [0.25, 0.3) is 10.8 Å². The van der Waals surface area contributed by atoms with Gasteiger partial charge in [-0.15, -0.1) is 0 Å². The number of nitrogens with one attached hydrogen (secondary N) is 1. The van der Waals surface area contributed by atoms with Gasteiger partial charge in [-0.25, -0.2) is 0 Å². The molecule has 0 fully saturated rings. The standard InChI is InChI=1S/C15H19NO4/c17-8-15(9-18,10-19)16-7-13-12-4-2-1-3-11(12)5-6-14(13)20/h1-6,16-20H,7-10H2. The number of phenolic OH excluding ortho intramolecular Hbond substituents is 1. The van der Waals surface area contributed by atoms with E-state index in [0.717, 1.165) is 10.8 Å². The van der Waals surface area contributed by atoms with E-state index in [-0.39, 0.29) is 12.3 Å². The van der Waals surface area contributed by atoms with Crippen LogP contribution in [0.5, 0.6) is 5.75 Å². The summed E-state index contributed by atoms with van der Waals surface area (Å²) in [6, 6.07) is 11.1. The summed E-state index contributed by atoms with van der Waals surface area (Å²) >= 11 is 0. The van der Waals surface area contributed by atoms with Crippen LogP contribution in [0.4, 0.5) is 0 Å². The maximum atomic E-state index is 10.00. The minimum absolute atomic E-state index is 0.138. The molecule has 0 saturated heterocycles. The summed E-state index contributed by atoms with van der Waals surface area (Å²) in [5, 5.41) is 42.7. The van der Waals surface area contributed by atoms with Crippen LogP contribution in [0, 0.1) is 0 Å². The fourth-order valence-corrected chi connectivity index (χ4v) is 2.10. The van der Waals surface area contributed by atoms with E-state index in [1.807, 2.05) is 30.3 Å². The molecule has 5 heteroatoms. The van der Waals surface area contributed by atoms with Crippen molar-refractivity contribution >= 4 is 10.8 Å². The molecule has 0 aliphatic heterocycles. The Bertz CT molecular complexity index is 573. The van der Waals surface area contributed by atoms with Crippen molar-refractivity contribution < 1.29 is 20.4 Å². The van der Waals surface area contributed by atoms with Crippen LogP contribution in [0.1, 0.15) is 5.56 Å². The quantitative estimate of drug-likeness (QED) is 0.525. The second kappa shape index (κ2) is 6.19. The first-order chi connectivity index (χ1) is 9.65. The van der Waals surface area contributed by atoms with E-state index in [2.05, 4.69) is 5.32 Å². The van der Waals surface area contributed by atoms with Gasteiger partial charge >= 0.3 is 0 Å². The van der Waals surface area contributed by atoms with Crippen molar-refractivity contribution in [1.82, 2.24) is 5.32 Å². The van der Waals surface area contributed by atoms with Crippen molar-refractivity contribution in [2.45, 2.75) is 12.1 Å². The third-order valence-corrected chi connectivity index (χ3v) is 3.56. The lowest BCUT2D eigenvalue weighted by Gasteiger charge is -2.29. The van der Waals surface area contributed by atoms with Crippen LogP contribution in [0.2, 0.25) is 0 Å². The van der Waals surface area contributed by atoms with Gasteiger partial charge in [0.2, 0.25) is 0 Å². The Balaban J connectivity index is 2.32. The lowest BCUT2D eigenvalue weighted by Crippen LogP contribution is -2.54. The molecule has 0 saturated carbocycles. The number of hydrogen-bond donors (Lipinski definition) is 5. The SMILES string of the molecule is OCC(CO)(CO)NCc1c(O)ccc2ccccc12. The number of aromatic hydroxyl groups is 1. The van der Waals surface area contributed by atoms with E-state index in [1.165, 1.54) is 0 Å². The van der Waals surface area contributed by atoms with Gasteiger partial charge in [0.15, 0.2) is 0 Å². The van der Waals surface area contributed by atoms with Crippen LogP contribution in [-0.4, -0.2) is 45.8 Å². The topological polar surface area (TPSA) is 93.0 Å². The lowest BCUT2D eigenvalue weighted by molar-refractivity contribution is 0.0413. The van der Waals surface area contributed by atoms with Gasteiger partial charge in [-0.2, -0.15) is 0 Å². The molecule has 2 rings (SSSR count). The summed E-state index contributed by atoms with van der Waals surface area (Å²) in [4.78, 5) is 0. The Labute approximate surface area is 117 Å². The number of phenols is 1. The zero-order valence-corrected chi connectivity index (χ0v) is 11.1.